The van der Waals surface area contributed by atoms with Gasteiger partial charge in [0.05, 0.1) is 27.3 Å². The Morgan fingerprint density at radius 2 is 1.51 bits per heavy atom. The number of fused-ring (bicyclic) bond motifs is 1. The first kappa shape index (κ1) is 26.8. The van der Waals surface area contributed by atoms with Gasteiger partial charge in [-0.15, -0.1) is 0 Å². The van der Waals surface area contributed by atoms with Gasteiger partial charge in [-0.3, -0.25) is 4.79 Å². The Bertz CT molecular complexity index is 1760. The van der Waals surface area contributed by atoms with Crippen molar-refractivity contribution in [2.75, 3.05) is 0 Å². The van der Waals surface area contributed by atoms with Crippen LogP contribution in [-0.4, -0.2) is 23.1 Å². The molecule has 0 aliphatic carbocycles. The van der Waals surface area contributed by atoms with Crippen molar-refractivity contribution in [3.63, 3.8) is 0 Å². The number of rotatable bonds is 6. The summed E-state index contributed by atoms with van der Waals surface area (Å²) in [4.78, 5) is 29.0. The second kappa shape index (κ2) is 11.5. The van der Waals surface area contributed by atoms with Crippen molar-refractivity contribution in [1.29, 1.82) is 0 Å². The van der Waals surface area contributed by atoms with Crippen LogP contribution in [0.3, 0.4) is 0 Å². The average molecular weight is 597 g/mol. The third kappa shape index (κ3) is 5.65. The van der Waals surface area contributed by atoms with E-state index in [1.54, 1.807) is 78.9 Å². The second-order valence-electron chi connectivity index (χ2n) is 8.27. The highest BCUT2D eigenvalue weighted by Crippen LogP contribution is 2.40. The molecule has 1 heterocycles. The van der Waals surface area contributed by atoms with Gasteiger partial charge in [-0.05, 0) is 42.5 Å². The standard InChI is InChI=1S/C29H17Cl4N3O3/c30-17-13-20-25(18-8-2-4-10-21(18)31)27(35-26(20)23(33)14-17)28(37)36-34-15-16-7-1-6-12-24(16)39-29(38)19-9-3-5-11-22(19)32/h1-15,35H,(H,36,37). The summed E-state index contributed by atoms with van der Waals surface area (Å²) < 4.78 is 5.53. The monoisotopic (exact) mass is 595 g/mol. The SMILES string of the molecule is O=C(Oc1ccccc1C=NNC(=O)c1[nH]c2c(Cl)cc(Cl)cc2c1-c1ccccc1Cl)c1ccccc1Cl. The van der Waals surface area contributed by atoms with Crippen LogP contribution >= 0.6 is 46.4 Å². The van der Waals surface area contributed by atoms with E-state index >= 15 is 0 Å². The molecule has 0 aliphatic rings. The molecule has 2 N–H and O–H groups in total. The summed E-state index contributed by atoms with van der Waals surface area (Å²) >= 11 is 25.3. The van der Waals surface area contributed by atoms with E-state index in [0.29, 0.717) is 42.7 Å². The van der Waals surface area contributed by atoms with Crippen molar-refractivity contribution in [3.8, 4) is 16.9 Å². The predicted molar refractivity (Wildman–Crippen MR) is 157 cm³/mol. The van der Waals surface area contributed by atoms with Gasteiger partial charge in [0, 0.05) is 32.1 Å². The number of hydrogen-bond donors (Lipinski definition) is 2. The fourth-order valence-corrected chi connectivity index (χ4v) is 5.00. The lowest BCUT2D eigenvalue weighted by atomic mass is 10.0. The molecule has 0 radical (unpaired) electrons. The number of halogens is 4. The van der Waals surface area contributed by atoms with Gasteiger partial charge in [0.25, 0.3) is 5.91 Å². The average Bonchev–Trinajstić information content (AvgIpc) is 3.29. The Morgan fingerprint density at radius 3 is 2.28 bits per heavy atom. The number of amides is 1. The number of ether oxygens (including phenoxy) is 1. The van der Waals surface area contributed by atoms with Gasteiger partial charge in [-0.1, -0.05) is 88.9 Å². The van der Waals surface area contributed by atoms with E-state index in [1.165, 1.54) is 6.21 Å². The van der Waals surface area contributed by atoms with Crippen LogP contribution in [0.4, 0.5) is 0 Å². The predicted octanol–water partition coefficient (Wildman–Crippen LogP) is 8.43. The number of hydrazone groups is 1. The zero-order valence-electron chi connectivity index (χ0n) is 19.8. The van der Waals surface area contributed by atoms with E-state index in [1.807, 2.05) is 6.07 Å². The summed E-state index contributed by atoms with van der Waals surface area (Å²) in [5.74, 6) is -0.928. The van der Waals surface area contributed by atoms with Crippen LogP contribution in [0.25, 0.3) is 22.0 Å². The number of carbonyl (C=O) groups excluding carboxylic acids is 2. The second-order valence-corrected chi connectivity index (χ2v) is 9.93. The molecule has 1 amide bonds. The van der Waals surface area contributed by atoms with E-state index in [9.17, 15) is 9.59 Å². The molecule has 0 unspecified atom stereocenters. The number of esters is 1. The molecule has 39 heavy (non-hydrogen) atoms. The highest BCUT2D eigenvalue weighted by Gasteiger charge is 2.22. The van der Waals surface area contributed by atoms with Gasteiger partial charge in [-0.2, -0.15) is 5.10 Å². The molecule has 0 bridgehead atoms. The van der Waals surface area contributed by atoms with E-state index in [-0.39, 0.29) is 22.0 Å². The van der Waals surface area contributed by atoms with E-state index in [2.05, 4.69) is 15.5 Å². The summed E-state index contributed by atoms with van der Waals surface area (Å²) in [6.45, 7) is 0. The first-order chi connectivity index (χ1) is 18.8. The molecule has 10 heteroatoms. The topological polar surface area (TPSA) is 83.5 Å². The summed E-state index contributed by atoms with van der Waals surface area (Å²) in [5, 5.41) is 6.20. The van der Waals surface area contributed by atoms with Crippen molar-refractivity contribution in [3.05, 3.63) is 122 Å². The van der Waals surface area contributed by atoms with Crippen LogP contribution in [-0.2, 0) is 0 Å². The minimum atomic E-state index is -0.622. The third-order valence-corrected chi connectivity index (χ3v) is 6.96. The van der Waals surface area contributed by atoms with E-state index in [4.69, 9.17) is 51.1 Å². The van der Waals surface area contributed by atoms with Crippen LogP contribution < -0.4 is 10.2 Å². The molecule has 5 rings (SSSR count). The molecule has 0 saturated heterocycles. The number of aromatic nitrogens is 1. The Kier molecular flexibility index (Phi) is 7.91. The number of hydrogen-bond acceptors (Lipinski definition) is 4. The molecule has 6 nitrogen and oxygen atoms in total. The number of H-pyrrole nitrogens is 1. The highest BCUT2D eigenvalue weighted by atomic mass is 35.5. The number of aromatic amines is 1. The fraction of sp³-hybridized carbons (Fsp3) is 0. The quantitative estimate of drug-likeness (QED) is 0.0892. The zero-order valence-corrected chi connectivity index (χ0v) is 22.9. The van der Waals surface area contributed by atoms with Crippen molar-refractivity contribution < 1.29 is 14.3 Å². The van der Waals surface area contributed by atoms with Crippen LogP contribution in [0.15, 0.2) is 90.0 Å². The Balaban J connectivity index is 1.44. The smallest absolute Gasteiger partial charge is 0.345 e. The Labute approximate surface area is 243 Å². The summed E-state index contributed by atoms with van der Waals surface area (Å²) in [6, 6.07) is 23.7. The maximum absolute atomic E-state index is 13.3. The molecule has 194 valence electrons. The minimum absolute atomic E-state index is 0.192. The molecule has 0 saturated carbocycles. The number of carbonyl (C=O) groups is 2. The first-order valence-corrected chi connectivity index (χ1v) is 13.0. The van der Waals surface area contributed by atoms with Crippen molar-refractivity contribution in [1.82, 2.24) is 10.4 Å². The minimum Gasteiger partial charge on any atom is -0.422 e. The molecule has 0 fully saturated rings. The van der Waals surface area contributed by atoms with Crippen molar-refractivity contribution >= 4 is 75.4 Å². The number of para-hydroxylation sites is 1. The molecule has 0 spiro atoms. The van der Waals surface area contributed by atoms with Gasteiger partial charge in [0.15, 0.2) is 0 Å². The van der Waals surface area contributed by atoms with Crippen LogP contribution in [0.1, 0.15) is 26.4 Å². The van der Waals surface area contributed by atoms with Gasteiger partial charge in [-0.25, -0.2) is 10.2 Å². The number of benzene rings is 4. The largest absolute Gasteiger partial charge is 0.422 e. The molecule has 0 atom stereocenters. The molecule has 4 aromatic carbocycles. The van der Waals surface area contributed by atoms with Gasteiger partial charge in [0.2, 0.25) is 0 Å². The Morgan fingerprint density at radius 1 is 0.821 bits per heavy atom. The van der Waals surface area contributed by atoms with Crippen LogP contribution in [0, 0.1) is 0 Å². The molecular formula is C29H17Cl4N3O3. The molecule has 1 aromatic heterocycles. The summed E-state index contributed by atoms with van der Waals surface area (Å²) in [7, 11) is 0. The van der Waals surface area contributed by atoms with Crippen molar-refractivity contribution in [2.24, 2.45) is 5.10 Å². The zero-order chi connectivity index (χ0) is 27.5. The van der Waals surface area contributed by atoms with Crippen LogP contribution in [0.2, 0.25) is 20.1 Å². The van der Waals surface area contributed by atoms with Gasteiger partial charge < -0.3 is 9.72 Å². The molecule has 5 aromatic rings. The lowest BCUT2D eigenvalue weighted by Crippen LogP contribution is -2.19. The van der Waals surface area contributed by atoms with Gasteiger partial charge in [0.1, 0.15) is 11.4 Å². The summed E-state index contributed by atoms with van der Waals surface area (Å²) in [6.07, 6.45) is 1.37. The molecular weight excluding hydrogens is 580 g/mol. The molecule has 0 aliphatic heterocycles. The van der Waals surface area contributed by atoms with Gasteiger partial charge >= 0.3 is 5.97 Å². The lowest BCUT2D eigenvalue weighted by molar-refractivity contribution is 0.0734. The first-order valence-electron chi connectivity index (χ1n) is 11.5. The lowest BCUT2D eigenvalue weighted by Gasteiger charge is -2.08. The highest BCUT2D eigenvalue weighted by molar-refractivity contribution is 6.40. The summed E-state index contributed by atoms with van der Waals surface area (Å²) in [5.41, 5.74) is 5.06. The maximum atomic E-state index is 13.3. The van der Waals surface area contributed by atoms with E-state index in [0.717, 1.165) is 0 Å². The third-order valence-electron chi connectivity index (χ3n) is 5.78. The van der Waals surface area contributed by atoms with Crippen molar-refractivity contribution in [2.45, 2.75) is 0 Å². The Hall–Kier alpha value is -3.81. The van der Waals surface area contributed by atoms with Crippen LogP contribution in [0.5, 0.6) is 5.75 Å². The fourth-order valence-electron chi connectivity index (χ4n) is 4.01. The number of nitrogens with one attached hydrogen (secondary N) is 2. The maximum Gasteiger partial charge on any atom is 0.345 e. The number of nitrogens with zero attached hydrogens (tertiary/aromatic N) is 1. The normalized spacial score (nSPS) is 11.2. The van der Waals surface area contributed by atoms with E-state index < -0.39 is 11.9 Å².